The zero-order valence-electron chi connectivity index (χ0n) is 13.0. The van der Waals surface area contributed by atoms with Crippen molar-refractivity contribution in [2.75, 3.05) is 10.6 Å². The monoisotopic (exact) mass is 321 g/mol. The van der Waals surface area contributed by atoms with E-state index in [1.807, 2.05) is 42.5 Å². The molecule has 0 aliphatic carbocycles. The van der Waals surface area contributed by atoms with Crippen molar-refractivity contribution in [3.63, 3.8) is 0 Å². The van der Waals surface area contributed by atoms with Crippen molar-refractivity contribution >= 4 is 34.2 Å². The van der Waals surface area contributed by atoms with Gasteiger partial charge in [0.25, 0.3) is 0 Å². The average Bonchev–Trinajstić information content (AvgIpc) is 2.93. The first-order valence-corrected chi connectivity index (χ1v) is 7.63. The quantitative estimate of drug-likeness (QED) is 0.758. The molecule has 0 fully saturated rings. The number of amides is 2. The Bertz CT molecular complexity index is 963. The van der Waals surface area contributed by atoms with Crippen LogP contribution < -0.4 is 10.6 Å². The second-order valence-corrected chi connectivity index (χ2v) is 5.75. The normalized spacial score (nSPS) is 16.5. The molecule has 4 rings (SSSR count). The SMILES string of the molecule is Cc1nc2n(n1)C(C(=O)Nc1ccc3ccccc3c1)CC(=O)N2. The summed E-state index contributed by atoms with van der Waals surface area (Å²) in [5.41, 5.74) is 0.683. The Labute approximate surface area is 137 Å². The Hall–Kier alpha value is -3.22. The molecule has 0 saturated heterocycles. The van der Waals surface area contributed by atoms with E-state index in [2.05, 4.69) is 20.7 Å². The van der Waals surface area contributed by atoms with Gasteiger partial charge in [-0.2, -0.15) is 10.1 Å². The third-order valence-electron chi connectivity index (χ3n) is 3.98. The molecule has 2 heterocycles. The topological polar surface area (TPSA) is 88.9 Å². The highest BCUT2D eigenvalue weighted by atomic mass is 16.2. The molecule has 1 aliphatic rings. The fraction of sp³-hybridized carbons (Fsp3) is 0.176. The number of fused-ring (bicyclic) bond motifs is 2. The number of anilines is 2. The largest absolute Gasteiger partial charge is 0.324 e. The minimum atomic E-state index is -0.707. The Morgan fingerprint density at radius 1 is 1.25 bits per heavy atom. The van der Waals surface area contributed by atoms with Gasteiger partial charge in [0.15, 0.2) is 0 Å². The van der Waals surface area contributed by atoms with Crippen molar-refractivity contribution in [1.29, 1.82) is 0 Å². The van der Waals surface area contributed by atoms with Gasteiger partial charge in [0.2, 0.25) is 17.8 Å². The molecule has 24 heavy (non-hydrogen) atoms. The lowest BCUT2D eigenvalue weighted by molar-refractivity contribution is -0.125. The number of benzene rings is 2. The molecular formula is C17H15N5O2. The van der Waals surface area contributed by atoms with Crippen LogP contribution in [0.5, 0.6) is 0 Å². The van der Waals surface area contributed by atoms with Crippen molar-refractivity contribution in [1.82, 2.24) is 14.8 Å². The fourth-order valence-corrected chi connectivity index (χ4v) is 2.87. The van der Waals surface area contributed by atoms with Crippen molar-refractivity contribution in [2.45, 2.75) is 19.4 Å². The molecule has 1 unspecified atom stereocenters. The molecule has 0 spiro atoms. The standard InChI is InChI=1S/C17H15N5O2/c1-10-18-17-20-15(23)9-14(22(17)21-10)16(24)19-13-7-6-11-4-2-3-5-12(11)8-13/h2-8,14H,9H2,1H3,(H,19,24)(H,18,20,21,23). The maximum atomic E-state index is 12.6. The number of aromatic nitrogens is 3. The van der Waals surface area contributed by atoms with Crippen LogP contribution in [0, 0.1) is 6.92 Å². The summed E-state index contributed by atoms with van der Waals surface area (Å²) in [7, 11) is 0. The predicted octanol–water partition coefficient (Wildman–Crippen LogP) is 2.26. The van der Waals surface area contributed by atoms with Gasteiger partial charge in [0.05, 0.1) is 6.42 Å². The highest BCUT2D eigenvalue weighted by Crippen LogP contribution is 2.25. The molecule has 120 valence electrons. The van der Waals surface area contributed by atoms with Crippen molar-refractivity contribution in [3.05, 3.63) is 48.3 Å². The van der Waals surface area contributed by atoms with Crippen LogP contribution in [-0.4, -0.2) is 26.6 Å². The first-order valence-electron chi connectivity index (χ1n) is 7.63. The molecular weight excluding hydrogens is 306 g/mol. The lowest BCUT2D eigenvalue weighted by Gasteiger charge is -2.22. The van der Waals surface area contributed by atoms with Crippen LogP contribution in [0.2, 0.25) is 0 Å². The molecule has 0 radical (unpaired) electrons. The van der Waals surface area contributed by atoms with E-state index in [-0.39, 0.29) is 18.2 Å². The molecule has 2 amide bonds. The third-order valence-corrected chi connectivity index (χ3v) is 3.98. The molecule has 0 saturated carbocycles. The second-order valence-electron chi connectivity index (χ2n) is 5.75. The van der Waals surface area contributed by atoms with E-state index in [4.69, 9.17) is 0 Å². The number of nitrogens with one attached hydrogen (secondary N) is 2. The molecule has 1 aliphatic heterocycles. The molecule has 1 atom stereocenters. The van der Waals surface area contributed by atoms with E-state index in [1.54, 1.807) is 6.92 Å². The number of rotatable bonds is 2. The Morgan fingerprint density at radius 3 is 2.88 bits per heavy atom. The number of hydrogen-bond donors (Lipinski definition) is 2. The smallest absolute Gasteiger partial charge is 0.249 e. The summed E-state index contributed by atoms with van der Waals surface area (Å²) < 4.78 is 1.47. The molecule has 2 aromatic carbocycles. The Kier molecular flexibility index (Phi) is 3.26. The fourth-order valence-electron chi connectivity index (χ4n) is 2.87. The van der Waals surface area contributed by atoms with E-state index < -0.39 is 6.04 Å². The second kappa shape index (κ2) is 5.45. The van der Waals surface area contributed by atoms with Gasteiger partial charge in [-0.3, -0.25) is 14.9 Å². The number of carbonyl (C=O) groups is 2. The van der Waals surface area contributed by atoms with Crippen LogP contribution in [-0.2, 0) is 9.59 Å². The van der Waals surface area contributed by atoms with Gasteiger partial charge in [0, 0.05) is 5.69 Å². The average molecular weight is 321 g/mol. The van der Waals surface area contributed by atoms with Crippen LogP contribution in [0.3, 0.4) is 0 Å². The molecule has 7 heteroatoms. The summed E-state index contributed by atoms with van der Waals surface area (Å²) in [5.74, 6) is 0.290. The summed E-state index contributed by atoms with van der Waals surface area (Å²) in [5, 5.41) is 11.8. The van der Waals surface area contributed by atoms with Crippen LogP contribution in [0.4, 0.5) is 11.6 Å². The molecule has 7 nitrogen and oxygen atoms in total. The Morgan fingerprint density at radius 2 is 2.04 bits per heavy atom. The zero-order chi connectivity index (χ0) is 16.7. The van der Waals surface area contributed by atoms with Crippen LogP contribution in [0.15, 0.2) is 42.5 Å². The summed E-state index contributed by atoms with van der Waals surface area (Å²) in [6, 6.07) is 12.9. The number of carbonyl (C=O) groups excluding carboxylic acids is 2. The molecule has 1 aromatic heterocycles. The Balaban J connectivity index is 1.62. The van der Waals surface area contributed by atoms with E-state index in [9.17, 15) is 9.59 Å². The third kappa shape index (κ3) is 2.50. The predicted molar refractivity (Wildman–Crippen MR) is 89.6 cm³/mol. The molecule has 0 bridgehead atoms. The van der Waals surface area contributed by atoms with Crippen molar-refractivity contribution in [3.8, 4) is 0 Å². The first kappa shape index (κ1) is 14.4. The van der Waals surface area contributed by atoms with Crippen molar-refractivity contribution in [2.24, 2.45) is 0 Å². The van der Waals surface area contributed by atoms with Gasteiger partial charge in [-0.05, 0) is 29.8 Å². The van der Waals surface area contributed by atoms with Gasteiger partial charge < -0.3 is 5.32 Å². The van der Waals surface area contributed by atoms with E-state index in [0.29, 0.717) is 17.5 Å². The van der Waals surface area contributed by atoms with Crippen molar-refractivity contribution < 1.29 is 9.59 Å². The summed E-state index contributed by atoms with van der Waals surface area (Å²) in [6.07, 6.45) is 0.0369. The number of hydrogen-bond acceptors (Lipinski definition) is 4. The first-order chi connectivity index (χ1) is 11.6. The van der Waals surface area contributed by atoms with E-state index in [0.717, 1.165) is 10.8 Å². The summed E-state index contributed by atoms with van der Waals surface area (Å²) >= 11 is 0. The maximum absolute atomic E-state index is 12.6. The van der Waals surface area contributed by atoms with E-state index >= 15 is 0 Å². The maximum Gasteiger partial charge on any atom is 0.249 e. The van der Waals surface area contributed by atoms with Gasteiger partial charge >= 0.3 is 0 Å². The summed E-state index contributed by atoms with van der Waals surface area (Å²) in [4.78, 5) is 28.6. The number of aryl methyl sites for hydroxylation is 1. The lowest BCUT2D eigenvalue weighted by atomic mass is 10.1. The highest BCUT2D eigenvalue weighted by molar-refractivity contribution is 6.01. The zero-order valence-corrected chi connectivity index (χ0v) is 13.0. The van der Waals surface area contributed by atoms with Crippen LogP contribution in [0.1, 0.15) is 18.3 Å². The number of nitrogens with zero attached hydrogens (tertiary/aromatic N) is 3. The minimum Gasteiger partial charge on any atom is -0.324 e. The molecule has 3 aromatic rings. The van der Waals surface area contributed by atoms with Gasteiger partial charge in [-0.15, -0.1) is 0 Å². The van der Waals surface area contributed by atoms with Crippen LogP contribution >= 0.6 is 0 Å². The van der Waals surface area contributed by atoms with Gasteiger partial charge in [0.1, 0.15) is 11.9 Å². The van der Waals surface area contributed by atoms with Gasteiger partial charge in [-0.25, -0.2) is 4.68 Å². The minimum absolute atomic E-state index is 0.0369. The van der Waals surface area contributed by atoms with Gasteiger partial charge in [-0.1, -0.05) is 30.3 Å². The summed E-state index contributed by atoms with van der Waals surface area (Å²) in [6.45, 7) is 1.72. The highest BCUT2D eigenvalue weighted by Gasteiger charge is 2.32. The lowest BCUT2D eigenvalue weighted by Crippen LogP contribution is -2.36. The molecule has 2 N–H and O–H groups in total. The van der Waals surface area contributed by atoms with E-state index in [1.165, 1.54) is 4.68 Å². The van der Waals surface area contributed by atoms with Crippen LogP contribution in [0.25, 0.3) is 10.8 Å².